The van der Waals surface area contributed by atoms with Crippen LogP contribution in [0.25, 0.3) is 0 Å². The molecule has 0 aromatic rings. The first kappa shape index (κ1) is 12.7. The van der Waals surface area contributed by atoms with E-state index in [0.29, 0.717) is 11.8 Å². The number of nitrogens with one attached hydrogen (secondary N) is 1. The Morgan fingerprint density at radius 1 is 1.47 bits per heavy atom. The second-order valence-electron chi connectivity index (χ2n) is 3.67. The van der Waals surface area contributed by atoms with Crippen molar-refractivity contribution in [3.8, 4) is 6.07 Å². The van der Waals surface area contributed by atoms with Crippen molar-refractivity contribution in [1.82, 2.24) is 5.32 Å². The molecule has 1 N–H and O–H groups in total. The average molecular weight is 244 g/mol. The van der Waals surface area contributed by atoms with E-state index in [4.69, 9.17) is 5.26 Å². The van der Waals surface area contributed by atoms with Crippen LogP contribution >= 0.6 is 21.6 Å². The van der Waals surface area contributed by atoms with E-state index < -0.39 is 0 Å². The van der Waals surface area contributed by atoms with Gasteiger partial charge in [0.05, 0.1) is 11.8 Å². The molecule has 0 aromatic carbocycles. The number of carbonyl (C=O) groups is 1. The second kappa shape index (κ2) is 7.02. The molecule has 1 amide bonds. The van der Waals surface area contributed by atoms with Crippen molar-refractivity contribution in [2.24, 2.45) is 5.92 Å². The van der Waals surface area contributed by atoms with Gasteiger partial charge in [0.15, 0.2) is 0 Å². The van der Waals surface area contributed by atoms with Gasteiger partial charge in [0.1, 0.15) is 0 Å². The molecule has 0 atom stereocenters. The van der Waals surface area contributed by atoms with E-state index in [9.17, 15) is 4.79 Å². The molecule has 0 aliphatic heterocycles. The van der Waals surface area contributed by atoms with Crippen molar-refractivity contribution < 1.29 is 4.79 Å². The molecular formula is C10H16N2OS2. The predicted octanol–water partition coefficient (Wildman–Crippen LogP) is 2.20. The molecule has 1 aliphatic carbocycles. The fourth-order valence-electron chi connectivity index (χ4n) is 1.75. The molecule has 84 valence electrons. The molecule has 1 aliphatic rings. The van der Waals surface area contributed by atoms with E-state index in [-0.39, 0.29) is 11.8 Å². The maximum Gasteiger partial charge on any atom is 0.231 e. The van der Waals surface area contributed by atoms with Gasteiger partial charge < -0.3 is 5.32 Å². The Balaban J connectivity index is 2.18. The Kier molecular flexibility index (Phi) is 5.96. The normalized spacial score (nSPS) is 25.6. The lowest BCUT2D eigenvalue weighted by molar-refractivity contribution is -0.119. The Bertz CT molecular complexity index is 244. The van der Waals surface area contributed by atoms with Gasteiger partial charge in [-0.05, 0) is 31.9 Å². The number of carbonyl (C=O) groups excluding carboxylic acids is 1. The maximum atomic E-state index is 11.4. The average Bonchev–Trinajstić information content (AvgIpc) is 2.27. The largest absolute Gasteiger partial charge is 0.353 e. The molecule has 0 saturated heterocycles. The summed E-state index contributed by atoms with van der Waals surface area (Å²) < 4.78 is 0. The first-order valence-electron chi connectivity index (χ1n) is 5.11. The number of hydrogen-bond acceptors (Lipinski definition) is 4. The Morgan fingerprint density at radius 2 is 2.13 bits per heavy atom. The topological polar surface area (TPSA) is 52.9 Å². The van der Waals surface area contributed by atoms with Gasteiger partial charge in [0, 0.05) is 12.0 Å². The SMILES string of the molecule is CSSCC(=O)NC1CCC(C#N)CC1. The van der Waals surface area contributed by atoms with Gasteiger partial charge in [0.25, 0.3) is 0 Å². The molecule has 1 rings (SSSR count). The molecule has 0 aromatic heterocycles. The van der Waals surface area contributed by atoms with E-state index in [1.807, 2.05) is 6.26 Å². The van der Waals surface area contributed by atoms with Gasteiger partial charge in [0.2, 0.25) is 5.91 Å². The number of hydrogen-bond donors (Lipinski definition) is 1. The molecule has 1 saturated carbocycles. The highest BCUT2D eigenvalue weighted by atomic mass is 33.1. The van der Waals surface area contributed by atoms with Gasteiger partial charge in [-0.2, -0.15) is 5.26 Å². The van der Waals surface area contributed by atoms with Crippen LogP contribution in [0.5, 0.6) is 0 Å². The molecule has 5 heteroatoms. The fourth-order valence-corrected chi connectivity index (χ4v) is 2.73. The number of nitrogens with zero attached hydrogens (tertiary/aromatic N) is 1. The van der Waals surface area contributed by atoms with E-state index in [1.54, 1.807) is 21.6 Å². The van der Waals surface area contributed by atoms with E-state index in [2.05, 4.69) is 11.4 Å². The maximum absolute atomic E-state index is 11.4. The zero-order valence-electron chi connectivity index (χ0n) is 8.86. The van der Waals surface area contributed by atoms with Crippen molar-refractivity contribution in [3.63, 3.8) is 0 Å². The second-order valence-corrected chi connectivity index (χ2v) is 6.24. The summed E-state index contributed by atoms with van der Waals surface area (Å²) in [7, 11) is 3.17. The third-order valence-electron chi connectivity index (χ3n) is 2.58. The summed E-state index contributed by atoms with van der Waals surface area (Å²) in [6, 6.07) is 2.59. The summed E-state index contributed by atoms with van der Waals surface area (Å²) in [5.41, 5.74) is 0. The summed E-state index contributed by atoms with van der Waals surface area (Å²) in [5.74, 6) is 0.854. The number of nitriles is 1. The first-order valence-corrected chi connectivity index (χ1v) is 7.83. The van der Waals surface area contributed by atoms with Crippen LogP contribution in [-0.2, 0) is 4.79 Å². The van der Waals surface area contributed by atoms with Gasteiger partial charge in [-0.1, -0.05) is 21.6 Å². The number of rotatable bonds is 4. The van der Waals surface area contributed by atoms with Crippen LogP contribution in [0.4, 0.5) is 0 Å². The zero-order chi connectivity index (χ0) is 11.1. The molecule has 3 nitrogen and oxygen atoms in total. The van der Waals surface area contributed by atoms with Crippen molar-refractivity contribution in [3.05, 3.63) is 0 Å². The van der Waals surface area contributed by atoms with Gasteiger partial charge in [-0.25, -0.2) is 0 Å². The molecule has 0 heterocycles. The van der Waals surface area contributed by atoms with Gasteiger partial charge in [-0.15, -0.1) is 0 Å². The van der Waals surface area contributed by atoms with Crippen LogP contribution in [0.3, 0.4) is 0 Å². The van der Waals surface area contributed by atoms with E-state index in [0.717, 1.165) is 25.7 Å². The highest BCUT2D eigenvalue weighted by molar-refractivity contribution is 8.76. The summed E-state index contributed by atoms with van der Waals surface area (Å²) in [5, 5.41) is 11.7. The lowest BCUT2D eigenvalue weighted by Gasteiger charge is -2.25. The molecule has 0 bridgehead atoms. The van der Waals surface area contributed by atoms with Gasteiger partial charge >= 0.3 is 0 Å². The van der Waals surface area contributed by atoms with Crippen molar-refractivity contribution in [2.45, 2.75) is 31.7 Å². The summed E-state index contributed by atoms with van der Waals surface area (Å²) in [4.78, 5) is 11.4. The van der Waals surface area contributed by atoms with Crippen LogP contribution < -0.4 is 5.32 Å². The Hall–Kier alpha value is -0.340. The van der Waals surface area contributed by atoms with E-state index >= 15 is 0 Å². The third kappa shape index (κ3) is 4.80. The molecule has 1 fully saturated rings. The van der Waals surface area contributed by atoms with Crippen molar-refractivity contribution >= 4 is 27.5 Å². The number of amides is 1. The minimum atomic E-state index is 0.120. The monoisotopic (exact) mass is 244 g/mol. The van der Waals surface area contributed by atoms with Crippen LogP contribution in [0.2, 0.25) is 0 Å². The quantitative estimate of drug-likeness (QED) is 0.770. The Morgan fingerprint density at radius 3 is 2.67 bits per heavy atom. The molecule has 15 heavy (non-hydrogen) atoms. The summed E-state index contributed by atoms with van der Waals surface area (Å²) >= 11 is 0. The van der Waals surface area contributed by atoms with Crippen LogP contribution in [-0.4, -0.2) is 24.0 Å². The standard InChI is InChI=1S/C10H16N2OS2/c1-14-15-7-10(13)12-9-4-2-8(6-11)3-5-9/h8-9H,2-5,7H2,1H3,(H,12,13). The minimum absolute atomic E-state index is 0.120. The zero-order valence-corrected chi connectivity index (χ0v) is 10.5. The molecule has 0 radical (unpaired) electrons. The van der Waals surface area contributed by atoms with Crippen LogP contribution in [0, 0.1) is 17.2 Å². The summed E-state index contributed by atoms with van der Waals surface area (Å²) in [6.07, 6.45) is 5.73. The summed E-state index contributed by atoms with van der Waals surface area (Å²) in [6.45, 7) is 0. The smallest absolute Gasteiger partial charge is 0.231 e. The minimum Gasteiger partial charge on any atom is -0.353 e. The lowest BCUT2D eigenvalue weighted by Crippen LogP contribution is -2.38. The van der Waals surface area contributed by atoms with Crippen molar-refractivity contribution in [2.75, 3.05) is 12.0 Å². The van der Waals surface area contributed by atoms with Crippen LogP contribution in [0.1, 0.15) is 25.7 Å². The van der Waals surface area contributed by atoms with Crippen molar-refractivity contribution in [1.29, 1.82) is 5.26 Å². The highest BCUT2D eigenvalue weighted by Crippen LogP contribution is 2.23. The Labute approximate surface area is 98.8 Å². The van der Waals surface area contributed by atoms with E-state index in [1.165, 1.54) is 0 Å². The van der Waals surface area contributed by atoms with Gasteiger partial charge in [-0.3, -0.25) is 4.79 Å². The first-order chi connectivity index (χ1) is 7.26. The third-order valence-corrected chi connectivity index (χ3v) is 4.26. The lowest BCUT2D eigenvalue weighted by atomic mass is 9.87. The molecule has 0 unspecified atom stereocenters. The molecule has 0 spiro atoms. The van der Waals surface area contributed by atoms with Crippen LogP contribution in [0.15, 0.2) is 0 Å². The molecular weight excluding hydrogens is 228 g/mol. The fraction of sp³-hybridized carbons (Fsp3) is 0.800. The predicted molar refractivity (Wildman–Crippen MR) is 65.5 cm³/mol. The highest BCUT2D eigenvalue weighted by Gasteiger charge is 2.21.